The number of aryl methyl sites for hydroxylation is 1. The minimum absolute atomic E-state index is 0.229. The van der Waals surface area contributed by atoms with Crippen molar-refractivity contribution in [2.75, 3.05) is 7.11 Å². The van der Waals surface area contributed by atoms with E-state index in [0.29, 0.717) is 0 Å². The molecule has 0 aliphatic rings. The zero-order valence-electron chi connectivity index (χ0n) is 16.0. The van der Waals surface area contributed by atoms with E-state index in [1.54, 1.807) is 7.11 Å². The molecular weight excluding hydrogens is 322 g/mol. The Morgan fingerprint density at radius 1 is 1.04 bits per heavy atom. The van der Waals surface area contributed by atoms with Gasteiger partial charge in [-0.2, -0.15) is 5.10 Å². The normalized spacial score (nSPS) is 12.2. The molecule has 1 atom stereocenters. The van der Waals surface area contributed by atoms with Gasteiger partial charge in [0.1, 0.15) is 5.75 Å². The van der Waals surface area contributed by atoms with Gasteiger partial charge in [0.25, 0.3) is 0 Å². The molecule has 0 saturated heterocycles. The Hall–Kier alpha value is -2.59. The monoisotopic (exact) mass is 349 g/mol. The predicted molar refractivity (Wildman–Crippen MR) is 106 cm³/mol. The van der Waals surface area contributed by atoms with E-state index in [4.69, 9.17) is 4.74 Å². The number of nitrogens with one attached hydrogen (secondary N) is 1. The number of rotatable bonds is 7. The molecular formula is C22H27N3O. The van der Waals surface area contributed by atoms with E-state index < -0.39 is 0 Å². The van der Waals surface area contributed by atoms with Crippen molar-refractivity contribution in [3.05, 3.63) is 77.1 Å². The van der Waals surface area contributed by atoms with Crippen molar-refractivity contribution < 1.29 is 4.74 Å². The Morgan fingerprint density at radius 2 is 1.69 bits per heavy atom. The highest BCUT2D eigenvalue weighted by molar-refractivity contribution is 5.39. The Bertz CT molecular complexity index is 835. The van der Waals surface area contributed by atoms with Crippen LogP contribution in [0.4, 0.5) is 0 Å². The fourth-order valence-electron chi connectivity index (χ4n) is 3.10. The zero-order chi connectivity index (χ0) is 18.5. The smallest absolute Gasteiger partial charge is 0.119 e. The van der Waals surface area contributed by atoms with Crippen LogP contribution in [-0.2, 0) is 13.0 Å². The SMILES string of the molecule is CCc1ccc(CN[C@H](C)c2cnn(-c3ccc(OC)cc3)c2C)cc1. The van der Waals surface area contributed by atoms with Crippen LogP contribution in [0, 0.1) is 6.92 Å². The summed E-state index contributed by atoms with van der Waals surface area (Å²) in [5, 5.41) is 8.18. The van der Waals surface area contributed by atoms with Gasteiger partial charge in [-0.15, -0.1) is 0 Å². The summed E-state index contributed by atoms with van der Waals surface area (Å²) >= 11 is 0. The predicted octanol–water partition coefficient (Wildman–Crippen LogP) is 4.60. The Kier molecular flexibility index (Phi) is 5.74. The number of hydrogen-bond acceptors (Lipinski definition) is 3. The maximum Gasteiger partial charge on any atom is 0.119 e. The summed E-state index contributed by atoms with van der Waals surface area (Å²) in [5.41, 5.74) is 6.08. The molecule has 0 spiro atoms. The molecule has 0 bridgehead atoms. The summed E-state index contributed by atoms with van der Waals surface area (Å²) in [5.74, 6) is 0.850. The molecule has 0 aliphatic heterocycles. The van der Waals surface area contributed by atoms with E-state index in [1.165, 1.54) is 16.7 Å². The topological polar surface area (TPSA) is 39.1 Å². The van der Waals surface area contributed by atoms with Crippen LogP contribution in [0.15, 0.2) is 54.7 Å². The van der Waals surface area contributed by atoms with E-state index in [2.05, 4.69) is 55.5 Å². The fourth-order valence-corrected chi connectivity index (χ4v) is 3.10. The van der Waals surface area contributed by atoms with Gasteiger partial charge in [-0.05, 0) is 55.7 Å². The van der Waals surface area contributed by atoms with Crippen LogP contribution >= 0.6 is 0 Å². The van der Waals surface area contributed by atoms with Crippen molar-refractivity contribution in [1.29, 1.82) is 0 Å². The highest BCUT2D eigenvalue weighted by Crippen LogP contribution is 2.22. The van der Waals surface area contributed by atoms with Gasteiger partial charge in [0, 0.05) is 23.8 Å². The number of hydrogen-bond donors (Lipinski definition) is 1. The summed E-state index contributed by atoms with van der Waals surface area (Å²) in [6.07, 6.45) is 3.03. The summed E-state index contributed by atoms with van der Waals surface area (Å²) in [6, 6.07) is 17.0. The molecule has 4 heteroatoms. The average Bonchev–Trinajstić information content (AvgIpc) is 3.08. The second-order valence-corrected chi connectivity index (χ2v) is 6.57. The van der Waals surface area contributed by atoms with Gasteiger partial charge in [0.15, 0.2) is 0 Å². The Balaban J connectivity index is 1.69. The number of benzene rings is 2. The van der Waals surface area contributed by atoms with E-state index in [0.717, 1.165) is 30.1 Å². The largest absolute Gasteiger partial charge is 0.497 e. The third-order valence-corrected chi connectivity index (χ3v) is 4.87. The fraction of sp³-hybridized carbons (Fsp3) is 0.318. The standard InChI is InChI=1S/C22H27N3O/c1-5-18-6-8-19(9-7-18)14-23-16(2)22-15-24-25(17(22)3)20-10-12-21(26-4)13-11-20/h6-13,15-16,23H,5,14H2,1-4H3/t16-/m1/s1. The molecule has 0 aliphatic carbocycles. The first kappa shape index (κ1) is 18.2. The lowest BCUT2D eigenvalue weighted by Gasteiger charge is -2.14. The van der Waals surface area contributed by atoms with Crippen molar-refractivity contribution in [3.63, 3.8) is 0 Å². The molecule has 0 fully saturated rings. The van der Waals surface area contributed by atoms with Gasteiger partial charge in [-0.3, -0.25) is 0 Å². The van der Waals surface area contributed by atoms with Crippen molar-refractivity contribution in [2.45, 2.75) is 39.8 Å². The maximum absolute atomic E-state index is 5.23. The first-order chi connectivity index (χ1) is 12.6. The quantitative estimate of drug-likeness (QED) is 0.677. The summed E-state index contributed by atoms with van der Waals surface area (Å²) in [4.78, 5) is 0. The minimum Gasteiger partial charge on any atom is -0.497 e. The van der Waals surface area contributed by atoms with Crippen molar-refractivity contribution in [1.82, 2.24) is 15.1 Å². The second kappa shape index (κ2) is 8.19. The van der Waals surface area contributed by atoms with Crippen LogP contribution in [0.25, 0.3) is 5.69 Å². The van der Waals surface area contributed by atoms with E-state index in [9.17, 15) is 0 Å². The van der Waals surface area contributed by atoms with Gasteiger partial charge in [0.2, 0.25) is 0 Å². The van der Waals surface area contributed by atoms with Gasteiger partial charge in [-0.25, -0.2) is 4.68 Å². The number of nitrogens with zero attached hydrogens (tertiary/aromatic N) is 2. The lowest BCUT2D eigenvalue weighted by molar-refractivity contribution is 0.414. The summed E-state index contributed by atoms with van der Waals surface area (Å²) in [6.45, 7) is 7.32. The minimum atomic E-state index is 0.229. The molecule has 3 rings (SSSR count). The van der Waals surface area contributed by atoms with Gasteiger partial charge < -0.3 is 10.1 Å². The number of ether oxygens (including phenoxy) is 1. The van der Waals surface area contributed by atoms with Gasteiger partial charge in [0.05, 0.1) is 19.0 Å². The molecule has 1 heterocycles. The lowest BCUT2D eigenvalue weighted by atomic mass is 10.1. The Morgan fingerprint density at radius 3 is 2.31 bits per heavy atom. The molecule has 0 amide bonds. The van der Waals surface area contributed by atoms with Crippen molar-refractivity contribution in [3.8, 4) is 11.4 Å². The first-order valence-electron chi connectivity index (χ1n) is 9.12. The van der Waals surface area contributed by atoms with Crippen molar-refractivity contribution in [2.24, 2.45) is 0 Å². The maximum atomic E-state index is 5.23. The van der Waals surface area contributed by atoms with Crippen LogP contribution in [0.5, 0.6) is 5.75 Å². The van der Waals surface area contributed by atoms with Gasteiger partial charge in [-0.1, -0.05) is 31.2 Å². The van der Waals surface area contributed by atoms with Crippen LogP contribution in [0.3, 0.4) is 0 Å². The van der Waals surface area contributed by atoms with Crippen LogP contribution in [0.1, 0.15) is 42.3 Å². The molecule has 0 radical (unpaired) electrons. The van der Waals surface area contributed by atoms with Crippen LogP contribution in [-0.4, -0.2) is 16.9 Å². The number of methoxy groups -OCH3 is 1. The summed E-state index contributed by atoms with van der Waals surface area (Å²) in [7, 11) is 1.68. The van der Waals surface area contributed by atoms with E-state index >= 15 is 0 Å². The highest BCUT2D eigenvalue weighted by Gasteiger charge is 2.14. The molecule has 1 N–H and O–H groups in total. The summed E-state index contributed by atoms with van der Waals surface area (Å²) < 4.78 is 7.20. The lowest BCUT2D eigenvalue weighted by Crippen LogP contribution is -2.18. The average molecular weight is 349 g/mol. The third-order valence-electron chi connectivity index (χ3n) is 4.87. The molecule has 136 valence electrons. The number of aromatic nitrogens is 2. The van der Waals surface area contributed by atoms with Crippen LogP contribution in [0.2, 0.25) is 0 Å². The molecule has 4 nitrogen and oxygen atoms in total. The molecule has 3 aromatic rings. The first-order valence-corrected chi connectivity index (χ1v) is 9.12. The molecule has 0 unspecified atom stereocenters. The molecule has 2 aromatic carbocycles. The third kappa shape index (κ3) is 3.97. The van der Waals surface area contributed by atoms with Crippen LogP contribution < -0.4 is 10.1 Å². The van der Waals surface area contributed by atoms with Gasteiger partial charge >= 0.3 is 0 Å². The van der Waals surface area contributed by atoms with E-state index in [-0.39, 0.29) is 6.04 Å². The van der Waals surface area contributed by atoms with Crippen molar-refractivity contribution >= 4 is 0 Å². The highest BCUT2D eigenvalue weighted by atomic mass is 16.5. The Labute approximate surface area is 155 Å². The molecule has 1 aromatic heterocycles. The van der Waals surface area contributed by atoms with E-state index in [1.807, 2.05) is 35.1 Å². The molecule has 26 heavy (non-hydrogen) atoms. The molecule has 0 saturated carbocycles. The zero-order valence-corrected chi connectivity index (χ0v) is 16.0. The second-order valence-electron chi connectivity index (χ2n) is 6.57.